The quantitative estimate of drug-likeness (QED) is 0.631. The SMILES string of the molecule is COCCCNc1sc(C(N)=O)c(N)c1OC(C)C. The van der Waals surface area contributed by atoms with Crippen molar-refractivity contribution in [2.45, 2.75) is 26.4 Å². The molecule has 0 aliphatic rings. The number of thiophene rings is 1. The van der Waals surface area contributed by atoms with E-state index < -0.39 is 5.91 Å². The normalized spacial score (nSPS) is 10.7. The molecule has 7 heteroatoms. The number of nitrogen functional groups attached to an aromatic ring is 1. The van der Waals surface area contributed by atoms with E-state index in [1.807, 2.05) is 13.8 Å². The number of rotatable bonds is 8. The van der Waals surface area contributed by atoms with Gasteiger partial charge in [0.25, 0.3) is 5.91 Å². The van der Waals surface area contributed by atoms with Gasteiger partial charge in [0, 0.05) is 20.3 Å². The Labute approximate surface area is 117 Å². The molecule has 6 nitrogen and oxygen atoms in total. The van der Waals surface area contributed by atoms with Crippen molar-refractivity contribution in [3.05, 3.63) is 4.88 Å². The summed E-state index contributed by atoms with van der Waals surface area (Å²) in [5.74, 6) is -0.0349. The summed E-state index contributed by atoms with van der Waals surface area (Å²) in [5, 5.41) is 3.93. The second-order valence-electron chi connectivity index (χ2n) is 4.31. The van der Waals surface area contributed by atoms with Crippen LogP contribution in [-0.2, 0) is 4.74 Å². The molecule has 0 saturated carbocycles. The van der Waals surface area contributed by atoms with Gasteiger partial charge in [0.2, 0.25) is 0 Å². The molecule has 1 aromatic heterocycles. The first-order valence-corrected chi connectivity index (χ1v) is 6.90. The number of hydrogen-bond acceptors (Lipinski definition) is 6. The highest BCUT2D eigenvalue weighted by Gasteiger charge is 2.21. The van der Waals surface area contributed by atoms with Crippen molar-refractivity contribution in [1.29, 1.82) is 0 Å². The highest BCUT2D eigenvalue weighted by atomic mass is 32.1. The fourth-order valence-electron chi connectivity index (χ4n) is 1.50. The topological polar surface area (TPSA) is 99.6 Å². The number of anilines is 2. The molecule has 0 fully saturated rings. The maximum Gasteiger partial charge on any atom is 0.261 e. The molecule has 0 bridgehead atoms. The van der Waals surface area contributed by atoms with Crippen LogP contribution in [0.2, 0.25) is 0 Å². The predicted molar refractivity (Wildman–Crippen MR) is 78.0 cm³/mol. The second kappa shape index (κ2) is 7.20. The minimum Gasteiger partial charge on any atom is -0.486 e. The Hall–Kier alpha value is -1.47. The maximum absolute atomic E-state index is 11.3. The lowest BCUT2D eigenvalue weighted by atomic mass is 10.3. The zero-order valence-electron chi connectivity index (χ0n) is 11.5. The Kier molecular flexibility index (Phi) is 5.91. The summed E-state index contributed by atoms with van der Waals surface area (Å²) in [6.45, 7) is 5.17. The highest BCUT2D eigenvalue weighted by Crippen LogP contribution is 2.42. The van der Waals surface area contributed by atoms with Crippen LogP contribution in [0.5, 0.6) is 5.75 Å². The van der Waals surface area contributed by atoms with Crippen molar-refractivity contribution in [3.63, 3.8) is 0 Å². The third-order valence-electron chi connectivity index (χ3n) is 2.29. The Morgan fingerprint density at radius 2 is 2.16 bits per heavy atom. The van der Waals surface area contributed by atoms with E-state index in [0.29, 0.717) is 29.5 Å². The molecule has 0 aliphatic heterocycles. The molecule has 0 spiro atoms. The van der Waals surface area contributed by atoms with Crippen LogP contribution in [0, 0.1) is 0 Å². The van der Waals surface area contributed by atoms with E-state index in [1.54, 1.807) is 7.11 Å². The van der Waals surface area contributed by atoms with Crippen LogP contribution in [0.4, 0.5) is 10.7 Å². The number of nitrogens with one attached hydrogen (secondary N) is 1. The number of amides is 1. The second-order valence-corrected chi connectivity index (χ2v) is 5.33. The lowest BCUT2D eigenvalue weighted by Gasteiger charge is -2.12. The smallest absolute Gasteiger partial charge is 0.261 e. The molecule has 5 N–H and O–H groups in total. The van der Waals surface area contributed by atoms with Gasteiger partial charge in [0.1, 0.15) is 15.6 Å². The monoisotopic (exact) mass is 287 g/mol. The fourth-order valence-corrected chi connectivity index (χ4v) is 2.43. The van der Waals surface area contributed by atoms with E-state index in [4.69, 9.17) is 20.9 Å². The van der Waals surface area contributed by atoms with Crippen LogP contribution in [-0.4, -0.2) is 32.3 Å². The van der Waals surface area contributed by atoms with Crippen molar-refractivity contribution in [2.75, 3.05) is 31.3 Å². The number of nitrogens with two attached hydrogens (primary N) is 2. The fraction of sp³-hybridized carbons (Fsp3) is 0.583. The molecule has 1 rings (SSSR count). The van der Waals surface area contributed by atoms with Crippen LogP contribution in [0.15, 0.2) is 0 Å². The van der Waals surface area contributed by atoms with Gasteiger partial charge in [0.05, 0.1) is 6.10 Å². The largest absolute Gasteiger partial charge is 0.486 e. The van der Waals surface area contributed by atoms with Gasteiger partial charge in [-0.15, -0.1) is 11.3 Å². The lowest BCUT2D eigenvalue weighted by Crippen LogP contribution is -2.12. The van der Waals surface area contributed by atoms with Gasteiger partial charge in [-0.1, -0.05) is 0 Å². The minimum absolute atomic E-state index is 0.0304. The van der Waals surface area contributed by atoms with E-state index in [-0.39, 0.29) is 6.10 Å². The molecule has 0 saturated heterocycles. The average molecular weight is 287 g/mol. The number of ether oxygens (including phenoxy) is 2. The Bertz CT molecular complexity index is 432. The number of carbonyl (C=O) groups excluding carboxylic acids is 1. The van der Waals surface area contributed by atoms with Crippen LogP contribution in [0.3, 0.4) is 0 Å². The van der Waals surface area contributed by atoms with Gasteiger partial charge in [-0.2, -0.15) is 0 Å². The first-order chi connectivity index (χ1) is 8.97. The van der Waals surface area contributed by atoms with Crippen LogP contribution in [0.1, 0.15) is 29.9 Å². The van der Waals surface area contributed by atoms with Crippen LogP contribution < -0.4 is 21.5 Å². The maximum atomic E-state index is 11.3. The number of carbonyl (C=O) groups is 1. The molecule has 108 valence electrons. The van der Waals surface area contributed by atoms with Crippen molar-refractivity contribution in [3.8, 4) is 5.75 Å². The Balaban J connectivity index is 2.87. The summed E-state index contributed by atoms with van der Waals surface area (Å²) in [6, 6.07) is 0. The minimum atomic E-state index is -0.541. The van der Waals surface area contributed by atoms with Gasteiger partial charge in [-0.25, -0.2) is 0 Å². The third kappa shape index (κ3) is 4.29. The molecular formula is C12H21N3O3S. The molecule has 0 atom stereocenters. The molecule has 0 aromatic carbocycles. The number of methoxy groups -OCH3 is 1. The van der Waals surface area contributed by atoms with Gasteiger partial charge >= 0.3 is 0 Å². The molecule has 19 heavy (non-hydrogen) atoms. The molecule has 1 amide bonds. The lowest BCUT2D eigenvalue weighted by molar-refractivity contribution is 0.100. The van der Waals surface area contributed by atoms with Crippen molar-refractivity contribution in [1.82, 2.24) is 0 Å². The van der Waals surface area contributed by atoms with E-state index in [9.17, 15) is 4.79 Å². The van der Waals surface area contributed by atoms with Crippen molar-refractivity contribution < 1.29 is 14.3 Å². The van der Waals surface area contributed by atoms with Crippen LogP contribution in [0.25, 0.3) is 0 Å². The zero-order chi connectivity index (χ0) is 14.4. The first kappa shape index (κ1) is 15.6. The number of hydrogen-bond donors (Lipinski definition) is 3. The van der Waals surface area contributed by atoms with Gasteiger partial charge in [-0.3, -0.25) is 4.79 Å². The predicted octanol–water partition coefficient (Wildman–Crippen LogP) is 1.66. The van der Waals surface area contributed by atoms with Gasteiger partial charge in [0.15, 0.2) is 5.75 Å². The highest BCUT2D eigenvalue weighted by molar-refractivity contribution is 7.19. The summed E-state index contributed by atoms with van der Waals surface area (Å²) in [4.78, 5) is 11.6. The van der Waals surface area contributed by atoms with E-state index in [1.165, 1.54) is 11.3 Å². The summed E-state index contributed by atoms with van der Waals surface area (Å²) in [7, 11) is 1.65. The summed E-state index contributed by atoms with van der Waals surface area (Å²) in [5.41, 5.74) is 11.5. The van der Waals surface area contributed by atoms with Gasteiger partial charge < -0.3 is 26.3 Å². The molecule has 0 radical (unpaired) electrons. The van der Waals surface area contributed by atoms with Gasteiger partial charge in [-0.05, 0) is 20.3 Å². The zero-order valence-corrected chi connectivity index (χ0v) is 12.3. The van der Waals surface area contributed by atoms with E-state index in [2.05, 4.69) is 5.32 Å². The first-order valence-electron chi connectivity index (χ1n) is 6.08. The summed E-state index contributed by atoms with van der Waals surface area (Å²) < 4.78 is 10.6. The summed E-state index contributed by atoms with van der Waals surface area (Å²) >= 11 is 1.22. The Morgan fingerprint density at radius 1 is 1.47 bits per heavy atom. The number of primary amides is 1. The van der Waals surface area contributed by atoms with Crippen LogP contribution >= 0.6 is 11.3 Å². The average Bonchev–Trinajstić information content (AvgIpc) is 2.63. The Morgan fingerprint density at radius 3 is 2.68 bits per heavy atom. The molecule has 1 aromatic rings. The summed E-state index contributed by atoms with van der Waals surface area (Å²) in [6.07, 6.45) is 0.818. The molecule has 1 heterocycles. The van der Waals surface area contributed by atoms with Crippen molar-refractivity contribution >= 4 is 27.9 Å². The van der Waals surface area contributed by atoms with E-state index >= 15 is 0 Å². The third-order valence-corrected chi connectivity index (χ3v) is 3.45. The molecular weight excluding hydrogens is 266 g/mol. The molecule has 0 unspecified atom stereocenters. The molecule has 0 aliphatic carbocycles. The van der Waals surface area contributed by atoms with E-state index in [0.717, 1.165) is 11.4 Å². The standard InChI is InChI=1S/C12H21N3O3S/c1-7(2)18-9-8(13)10(11(14)16)19-12(9)15-5-4-6-17-3/h7,15H,4-6,13H2,1-3H3,(H2,14,16). The van der Waals surface area contributed by atoms with Crippen molar-refractivity contribution in [2.24, 2.45) is 5.73 Å².